The minimum atomic E-state index is -2.94. The summed E-state index contributed by atoms with van der Waals surface area (Å²) in [6, 6.07) is 7.47. The molecule has 0 unspecified atom stereocenters. The van der Waals surface area contributed by atoms with Crippen LogP contribution in [0.1, 0.15) is 11.1 Å². The van der Waals surface area contributed by atoms with E-state index in [4.69, 9.17) is 5.11 Å². The normalized spacial score (nSPS) is 12.2. The molecule has 0 bridgehead atoms. The molecule has 0 fully saturated rings. The van der Waals surface area contributed by atoms with E-state index in [1.54, 1.807) is 0 Å². The van der Waals surface area contributed by atoms with Crippen molar-refractivity contribution in [2.24, 2.45) is 0 Å². The van der Waals surface area contributed by atoms with E-state index in [1.165, 1.54) is 12.3 Å². The van der Waals surface area contributed by atoms with E-state index in [1.807, 2.05) is 36.2 Å². The first-order chi connectivity index (χ1) is 9.26. The number of carbonyl (C=O) groups is 1. The van der Waals surface area contributed by atoms with Gasteiger partial charge in [-0.25, -0.2) is 13.2 Å². The van der Waals surface area contributed by atoms with Gasteiger partial charge in [0.25, 0.3) is 0 Å². The lowest BCUT2D eigenvalue weighted by Gasteiger charge is -2.16. The number of nitrogens with zero attached hydrogens (tertiary/aromatic N) is 1. The molecule has 0 atom stereocenters. The summed E-state index contributed by atoms with van der Waals surface area (Å²) < 4.78 is 22.2. The van der Waals surface area contributed by atoms with Gasteiger partial charge in [-0.15, -0.1) is 0 Å². The summed E-state index contributed by atoms with van der Waals surface area (Å²) in [4.78, 5) is 12.3. The molecular weight excluding hydrogens is 278 g/mol. The van der Waals surface area contributed by atoms with E-state index in [0.717, 1.165) is 17.2 Å². The van der Waals surface area contributed by atoms with E-state index in [2.05, 4.69) is 0 Å². The van der Waals surface area contributed by atoms with E-state index < -0.39 is 15.8 Å². The third kappa shape index (κ3) is 7.06. The maximum atomic E-state index is 11.1. The monoisotopic (exact) mass is 297 g/mol. The minimum absolute atomic E-state index is 0.142. The van der Waals surface area contributed by atoms with Crippen molar-refractivity contribution >= 4 is 21.9 Å². The van der Waals surface area contributed by atoms with Crippen LogP contribution < -0.4 is 0 Å². The smallest absolute Gasteiger partial charge is 0.328 e. The molecule has 0 aromatic heterocycles. The molecule has 0 heterocycles. The Bertz CT molecular complexity index is 576. The Hall–Kier alpha value is -1.66. The van der Waals surface area contributed by atoms with Gasteiger partial charge < -0.3 is 10.0 Å². The van der Waals surface area contributed by atoms with E-state index >= 15 is 0 Å². The second-order valence-corrected chi connectivity index (χ2v) is 7.04. The Morgan fingerprint density at radius 2 is 1.90 bits per heavy atom. The number of benzene rings is 1. The number of sulfone groups is 1. The fraction of sp³-hybridized carbons (Fsp3) is 0.357. The van der Waals surface area contributed by atoms with Crippen LogP contribution in [-0.4, -0.2) is 50.0 Å². The quantitative estimate of drug-likeness (QED) is 0.767. The number of hydrogen-bond acceptors (Lipinski definition) is 4. The van der Waals surface area contributed by atoms with Crippen LogP contribution in [0.4, 0.5) is 0 Å². The highest BCUT2D eigenvalue weighted by Gasteiger charge is 2.06. The Morgan fingerprint density at radius 1 is 1.30 bits per heavy atom. The summed E-state index contributed by atoms with van der Waals surface area (Å²) in [5, 5.41) is 8.53. The predicted molar refractivity (Wildman–Crippen MR) is 79.2 cm³/mol. The van der Waals surface area contributed by atoms with Crippen LogP contribution >= 0.6 is 0 Å². The minimum Gasteiger partial charge on any atom is -0.478 e. The van der Waals surface area contributed by atoms with E-state index in [9.17, 15) is 13.2 Å². The predicted octanol–water partition coefficient (Wildman–Crippen LogP) is 1.26. The summed E-state index contributed by atoms with van der Waals surface area (Å²) in [5.74, 6) is -0.835. The Kier molecular flexibility index (Phi) is 5.91. The van der Waals surface area contributed by atoms with Crippen LogP contribution in [0.3, 0.4) is 0 Å². The maximum absolute atomic E-state index is 11.1. The number of rotatable bonds is 7. The standard InChI is InChI=1S/C14H19NO4S/c1-15(9-10-20(2,18)19)11-13-5-3-12(4-6-13)7-8-14(16)17/h3-8H,9-11H2,1-2H3,(H,16,17). The van der Waals surface area contributed by atoms with Gasteiger partial charge in [-0.3, -0.25) is 0 Å². The van der Waals surface area contributed by atoms with Crippen LogP contribution in [0, 0.1) is 0 Å². The molecule has 6 heteroatoms. The molecule has 1 aromatic rings. The van der Waals surface area contributed by atoms with Gasteiger partial charge in [0.2, 0.25) is 0 Å². The molecule has 0 amide bonds. The molecule has 0 aliphatic carbocycles. The van der Waals surface area contributed by atoms with Crippen molar-refractivity contribution in [1.82, 2.24) is 4.90 Å². The Labute approximate surface area is 119 Å². The number of carboxylic acid groups (broad SMARTS) is 1. The van der Waals surface area contributed by atoms with Gasteiger partial charge in [0.1, 0.15) is 9.84 Å². The van der Waals surface area contributed by atoms with Gasteiger partial charge in [0, 0.05) is 25.4 Å². The molecular formula is C14H19NO4S. The second-order valence-electron chi connectivity index (χ2n) is 4.78. The maximum Gasteiger partial charge on any atom is 0.328 e. The van der Waals surface area contributed by atoms with Crippen molar-refractivity contribution in [2.45, 2.75) is 6.54 Å². The first-order valence-corrected chi connectivity index (χ1v) is 8.18. The highest BCUT2D eigenvalue weighted by molar-refractivity contribution is 7.90. The molecule has 0 aliphatic rings. The van der Waals surface area contributed by atoms with Gasteiger partial charge in [-0.1, -0.05) is 24.3 Å². The molecule has 5 nitrogen and oxygen atoms in total. The summed E-state index contributed by atoms with van der Waals surface area (Å²) in [5.41, 5.74) is 1.86. The van der Waals surface area contributed by atoms with Gasteiger partial charge in [-0.2, -0.15) is 0 Å². The topological polar surface area (TPSA) is 74.7 Å². The summed E-state index contributed by atoms with van der Waals surface area (Å²) in [7, 11) is -1.08. The SMILES string of the molecule is CN(CCS(C)(=O)=O)Cc1ccc(C=CC(=O)O)cc1. The largest absolute Gasteiger partial charge is 0.478 e. The van der Waals surface area contributed by atoms with Gasteiger partial charge in [0.05, 0.1) is 5.75 Å². The van der Waals surface area contributed by atoms with Crippen LogP contribution in [0.5, 0.6) is 0 Å². The first kappa shape index (κ1) is 16.4. The number of hydrogen-bond donors (Lipinski definition) is 1. The van der Waals surface area contributed by atoms with E-state index in [0.29, 0.717) is 13.1 Å². The number of aliphatic carboxylic acids is 1. The molecule has 0 aliphatic heterocycles. The fourth-order valence-corrected chi connectivity index (χ4v) is 2.26. The summed E-state index contributed by atoms with van der Waals surface area (Å²) in [6.45, 7) is 1.14. The van der Waals surface area contributed by atoms with Crippen molar-refractivity contribution in [3.05, 3.63) is 41.5 Å². The summed E-state index contributed by atoms with van der Waals surface area (Å²) in [6.07, 6.45) is 3.84. The lowest BCUT2D eigenvalue weighted by molar-refractivity contribution is -0.131. The van der Waals surface area contributed by atoms with Crippen molar-refractivity contribution in [2.75, 3.05) is 25.6 Å². The molecule has 0 saturated carbocycles. The number of carboxylic acids is 1. The molecule has 0 radical (unpaired) electrons. The Balaban J connectivity index is 2.55. The molecule has 110 valence electrons. The highest BCUT2D eigenvalue weighted by Crippen LogP contribution is 2.08. The van der Waals surface area contributed by atoms with Crippen LogP contribution in [-0.2, 0) is 21.2 Å². The van der Waals surface area contributed by atoms with Crippen molar-refractivity contribution in [3.63, 3.8) is 0 Å². The zero-order valence-corrected chi connectivity index (χ0v) is 12.4. The lowest BCUT2D eigenvalue weighted by Crippen LogP contribution is -2.24. The average Bonchev–Trinajstić information content (AvgIpc) is 2.35. The lowest BCUT2D eigenvalue weighted by atomic mass is 10.1. The van der Waals surface area contributed by atoms with Crippen LogP contribution in [0.2, 0.25) is 0 Å². The van der Waals surface area contributed by atoms with Crippen molar-refractivity contribution in [1.29, 1.82) is 0 Å². The molecule has 1 N–H and O–H groups in total. The van der Waals surface area contributed by atoms with Gasteiger partial charge >= 0.3 is 5.97 Å². The Morgan fingerprint density at radius 3 is 2.40 bits per heavy atom. The van der Waals surface area contributed by atoms with Gasteiger partial charge in [-0.05, 0) is 24.3 Å². The van der Waals surface area contributed by atoms with Gasteiger partial charge in [0.15, 0.2) is 0 Å². The van der Waals surface area contributed by atoms with Crippen molar-refractivity contribution < 1.29 is 18.3 Å². The second kappa shape index (κ2) is 7.21. The third-order valence-corrected chi connectivity index (χ3v) is 3.62. The van der Waals surface area contributed by atoms with Crippen LogP contribution in [0.25, 0.3) is 6.08 Å². The van der Waals surface area contributed by atoms with Crippen LogP contribution in [0.15, 0.2) is 30.3 Å². The molecule has 0 saturated heterocycles. The highest BCUT2D eigenvalue weighted by atomic mass is 32.2. The first-order valence-electron chi connectivity index (χ1n) is 6.12. The zero-order valence-electron chi connectivity index (χ0n) is 11.6. The zero-order chi connectivity index (χ0) is 15.2. The van der Waals surface area contributed by atoms with E-state index in [-0.39, 0.29) is 5.75 Å². The molecule has 1 aromatic carbocycles. The summed E-state index contributed by atoms with van der Waals surface area (Å²) >= 11 is 0. The fourth-order valence-electron chi connectivity index (χ4n) is 1.61. The molecule has 0 spiro atoms. The average molecular weight is 297 g/mol. The van der Waals surface area contributed by atoms with Crippen molar-refractivity contribution in [3.8, 4) is 0 Å². The molecule has 20 heavy (non-hydrogen) atoms. The molecule has 1 rings (SSSR count). The third-order valence-electron chi connectivity index (χ3n) is 2.69.